The Labute approximate surface area is 138 Å². The minimum atomic E-state index is -0.989. The summed E-state index contributed by atoms with van der Waals surface area (Å²) in [6.45, 7) is 3.55. The van der Waals surface area contributed by atoms with Gasteiger partial charge in [-0.2, -0.15) is 0 Å². The van der Waals surface area contributed by atoms with Crippen molar-refractivity contribution in [2.24, 2.45) is 0 Å². The van der Waals surface area contributed by atoms with E-state index in [9.17, 15) is 19.4 Å². The molecule has 0 amide bonds. The number of halogens is 1. The van der Waals surface area contributed by atoms with Gasteiger partial charge < -0.3 is 14.8 Å². The SMILES string of the molecule is Cc1cc(C(=O)O)c(C)n1-c1ccccc1-c1ccc(F)cc1O. The van der Waals surface area contributed by atoms with Gasteiger partial charge >= 0.3 is 5.97 Å². The Balaban J connectivity index is 2.27. The van der Waals surface area contributed by atoms with Gasteiger partial charge in [0, 0.05) is 28.6 Å². The van der Waals surface area contributed by atoms with Crippen molar-refractivity contribution in [2.45, 2.75) is 13.8 Å². The molecule has 0 fully saturated rings. The fourth-order valence-corrected chi connectivity index (χ4v) is 2.98. The van der Waals surface area contributed by atoms with E-state index in [0.29, 0.717) is 16.8 Å². The summed E-state index contributed by atoms with van der Waals surface area (Å²) in [5, 5.41) is 19.4. The molecule has 24 heavy (non-hydrogen) atoms. The van der Waals surface area contributed by atoms with E-state index in [-0.39, 0.29) is 11.3 Å². The number of carbonyl (C=O) groups is 1. The quantitative estimate of drug-likeness (QED) is 0.754. The number of hydrogen-bond acceptors (Lipinski definition) is 2. The zero-order valence-electron chi connectivity index (χ0n) is 13.2. The lowest BCUT2D eigenvalue weighted by Gasteiger charge is -2.16. The molecule has 0 aliphatic carbocycles. The number of nitrogens with zero attached hydrogens (tertiary/aromatic N) is 1. The Bertz CT molecular complexity index is 944. The van der Waals surface area contributed by atoms with Crippen molar-refractivity contribution in [3.8, 4) is 22.6 Å². The first-order valence-electron chi connectivity index (χ1n) is 7.40. The summed E-state index contributed by atoms with van der Waals surface area (Å²) < 4.78 is 15.1. The van der Waals surface area contributed by atoms with Gasteiger partial charge in [0.25, 0.3) is 0 Å². The standard InChI is InChI=1S/C19H16FNO3/c1-11-9-16(19(23)24)12(2)21(11)17-6-4-3-5-14(17)15-8-7-13(20)10-18(15)22/h3-10,22H,1-2H3,(H,23,24). The number of benzene rings is 2. The number of rotatable bonds is 3. The van der Waals surface area contributed by atoms with E-state index in [1.807, 2.05) is 35.8 Å². The monoisotopic (exact) mass is 325 g/mol. The maximum atomic E-state index is 13.3. The fraction of sp³-hybridized carbons (Fsp3) is 0.105. The third-order valence-corrected chi connectivity index (χ3v) is 4.06. The molecule has 0 radical (unpaired) electrons. The number of carboxylic acid groups (broad SMARTS) is 1. The molecule has 4 nitrogen and oxygen atoms in total. The number of phenolic OH excluding ortho intramolecular Hbond substituents is 1. The fourth-order valence-electron chi connectivity index (χ4n) is 2.98. The van der Waals surface area contributed by atoms with Crippen molar-refractivity contribution in [3.05, 3.63) is 71.3 Å². The number of hydrogen-bond donors (Lipinski definition) is 2. The van der Waals surface area contributed by atoms with E-state index >= 15 is 0 Å². The number of aromatic hydroxyl groups is 1. The summed E-state index contributed by atoms with van der Waals surface area (Å²) >= 11 is 0. The van der Waals surface area contributed by atoms with Gasteiger partial charge in [-0.05, 0) is 38.1 Å². The molecule has 1 aromatic heterocycles. The van der Waals surface area contributed by atoms with Crippen molar-refractivity contribution in [1.29, 1.82) is 0 Å². The third-order valence-electron chi connectivity index (χ3n) is 4.06. The summed E-state index contributed by atoms with van der Waals surface area (Å²) in [5.41, 5.74) is 3.48. The van der Waals surface area contributed by atoms with Crippen LogP contribution in [0.1, 0.15) is 21.7 Å². The van der Waals surface area contributed by atoms with Crippen LogP contribution in [0.2, 0.25) is 0 Å². The summed E-state index contributed by atoms with van der Waals surface area (Å²) in [6, 6.07) is 12.8. The number of carboxylic acids is 1. The minimum absolute atomic E-state index is 0.164. The molecule has 2 aromatic carbocycles. The highest BCUT2D eigenvalue weighted by atomic mass is 19.1. The van der Waals surface area contributed by atoms with Gasteiger partial charge in [0.2, 0.25) is 0 Å². The molecule has 122 valence electrons. The number of aromatic nitrogens is 1. The first-order valence-corrected chi connectivity index (χ1v) is 7.40. The second kappa shape index (κ2) is 5.85. The van der Waals surface area contributed by atoms with Crippen LogP contribution in [0.4, 0.5) is 4.39 Å². The van der Waals surface area contributed by atoms with Crippen LogP contribution < -0.4 is 0 Å². The lowest BCUT2D eigenvalue weighted by atomic mass is 10.0. The third kappa shape index (κ3) is 2.54. The van der Waals surface area contributed by atoms with E-state index in [1.165, 1.54) is 12.1 Å². The van der Waals surface area contributed by atoms with Crippen LogP contribution in [0, 0.1) is 19.7 Å². The highest BCUT2D eigenvalue weighted by Gasteiger charge is 2.18. The average molecular weight is 325 g/mol. The Morgan fingerprint density at radius 2 is 1.75 bits per heavy atom. The molecule has 0 aliphatic rings. The van der Waals surface area contributed by atoms with Crippen molar-refractivity contribution in [3.63, 3.8) is 0 Å². The largest absolute Gasteiger partial charge is 0.507 e. The first-order chi connectivity index (χ1) is 11.4. The summed E-state index contributed by atoms with van der Waals surface area (Å²) in [6.07, 6.45) is 0. The van der Waals surface area contributed by atoms with Crippen LogP contribution in [0.5, 0.6) is 5.75 Å². The van der Waals surface area contributed by atoms with Crippen LogP contribution >= 0.6 is 0 Å². The van der Waals surface area contributed by atoms with Crippen LogP contribution in [0.15, 0.2) is 48.5 Å². The summed E-state index contributed by atoms with van der Waals surface area (Å²) in [4.78, 5) is 11.4. The van der Waals surface area contributed by atoms with E-state index < -0.39 is 11.8 Å². The van der Waals surface area contributed by atoms with E-state index in [4.69, 9.17) is 0 Å². The molecule has 3 rings (SSSR count). The van der Waals surface area contributed by atoms with Gasteiger partial charge in [-0.25, -0.2) is 9.18 Å². The zero-order chi connectivity index (χ0) is 17.4. The number of aryl methyl sites for hydroxylation is 1. The Morgan fingerprint density at radius 1 is 1.04 bits per heavy atom. The predicted octanol–water partition coefficient (Wildman–Crippen LogP) is 4.30. The van der Waals surface area contributed by atoms with Crippen LogP contribution in [0.25, 0.3) is 16.8 Å². The van der Waals surface area contributed by atoms with Gasteiger partial charge in [0.15, 0.2) is 0 Å². The summed E-state index contributed by atoms with van der Waals surface area (Å²) in [5.74, 6) is -1.67. The van der Waals surface area contributed by atoms with Crippen molar-refractivity contribution < 1.29 is 19.4 Å². The Kier molecular flexibility index (Phi) is 3.85. The van der Waals surface area contributed by atoms with Crippen molar-refractivity contribution in [1.82, 2.24) is 4.57 Å². The van der Waals surface area contributed by atoms with Gasteiger partial charge in [-0.3, -0.25) is 0 Å². The maximum Gasteiger partial charge on any atom is 0.337 e. The molecule has 2 N–H and O–H groups in total. The first kappa shape index (κ1) is 15.8. The minimum Gasteiger partial charge on any atom is -0.507 e. The molecule has 0 saturated carbocycles. The summed E-state index contributed by atoms with van der Waals surface area (Å²) in [7, 11) is 0. The van der Waals surface area contributed by atoms with Gasteiger partial charge in [0.05, 0.1) is 11.3 Å². The topological polar surface area (TPSA) is 62.5 Å². The van der Waals surface area contributed by atoms with Crippen LogP contribution in [0.3, 0.4) is 0 Å². The van der Waals surface area contributed by atoms with Crippen molar-refractivity contribution >= 4 is 5.97 Å². The average Bonchev–Trinajstić information content (AvgIpc) is 2.82. The highest BCUT2D eigenvalue weighted by Crippen LogP contribution is 2.35. The number of phenols is 1. The molecule has 0 saturated heterocycles. The zero-order valence-corrected chi connectivity index (χ0v) is 13.2. The number of aromatic carboxylic acids is 1. The lowest BCUT2D eigenvalue weighted by Crippen LogP contribution is -2.04. The Hall–Kier alpha value is -3.08. The molecule has 3 aromatic rings. The van der Waals surface area contributed by atoms with Gasteiger partial charge in [0.1, 0.15) is 11.6 Å². The highest BCUT2D eigenvalue weighted by molar-refractivity contribution is 5.90. The van der Waals surface area contributed by atoms with Crippen molar-refractivity contribution in [2.75, 3.05) is 0 Å². The number of para-hydroxylation sites is 1. The molecular formula is C19H16FNO3. The molecular weight excluding hydrogens is 309 g/mol. The van der Waals surface area contributed by atoms with Gasteiger partial charge in [-0.15, -0.1) is 0 Å². The molecule has 1 heterocycles. The van der Waals surface area contributed by atoms with E-state index in [0.717, 1.165) is 17.4 Å². The molecule has 0 unspecified atom stereocenters. The normalized spacial score (nSPS) is 10.8. The second-order valence-corrected chi connectivity index (χ2v) is 5.60. The smallest absolute Gasteiger partial charge is 0.337 e. The van der Waals surface area contributed by atoms with E-state index in [1.54, 1.807) is 13.0 Å². The molecule has 5 heteroatoms. The second-order valence-electron chi connectivity index (χ2n) is 5.60. The molecule has 0 aliphatic heterocycles. The van der Waals surface area contributed by atoms with E-state index in [2.05, 4.69) is 0 Å². The van der Waals surface area contributed by atoms with Gasteiger partial charge in [-0.1, -0.05) is 18.2 Å². The lowest BCUT2D eigenvalue weighted by molar-refractivity contribution is 0.0696. The van der Waals surface area contributed by atoms with Crippen LogP contribution in [-0.4, -0.2) is 20.7 Å². The molecule has 0 atom stereocenters. The molecule has 0 spiro atoms. The van der Waals surface area contributed by atoms with Crippen LogP contribution in [-0.2, 0) is 0 Å². The predicted molar refractivity (Wildman–Crippen MR) is 89.3 cm³/mol. The maximum absolute atomic E-state index is 13.3. The Morgan fingerprint density at radius 3 is 2.38 bits per heavy atom. The molecule has 0 bridgehead atoms.